The van der Waals surface area contributed by atoms with Gasteiger partial charge < -0.3 is 9.47 Å². The summed E-state index contributed by atoms with van der Waals surface area (Å²) in [7, 11) is 1.95. The summed E-state index contributed by atoms with van der Waals surface area (Å²) in [5.74, 6) is -1.90. The van der Waals surface area contributed by atoms with Crippen LogP contribution in [-0.4, -0.2) is 68.9 Å². The number of hydrogen-bond acceptors (Lipinski definition) is 5. The maximum absolute atomic E-state index is 13.3. The Bertz CT molecular complexity index is 1310. The Labute approximate surface area is 206 Å². The number of likely N-dealkylation sites (N-methyl/N-ethyl adjacent to an activating group) is 1. The van der Waals surface area contributed by atoms with E-state index in [1.165, 1.54) is 17.0 Å². The molecule has 2 aliphatic heterocycles. The molecular formula is C26H26F3N5O2. The molecule has 36 heavy (non-hydrogen) atoms. The minimum atomic E-state index is -4.91. The van der Waals surface area contributed by atoms with Crippen molar-refractivity contribution in [3.05, 3.63) is 71.6 Å². The monoisotopic (exact) mass is 497 g/mol. The van der Waals surface area contributed by atoms with Crippen LogP contribution < -0.4 is 0 Å². The van der Waals surface area contributed by atoms with E-state index in [-0.39, 0.29) is 11.6 Å². The minimum Gasteiger partial charge on any atom is -0.339 e. The van der Waals surface area contributed by atoms with Crippen molar-refractivity contribution in [3.63, 3.8) is 0 Å². The van der Waals surface area contributed by atoms with Crippen molar-refractivity contribution in [2.45, 2.75) is 38.0 Å². The largest absolute Gasteiger partial charge is 0.456 e. The third-order valence-electron chi connectivity index (χ3n) is 7.56. The number of nitrogens with zero attached hydrogens (tertiary/aromatic N) is 5. The SMILES string of the molecule is Cc1cc(C(=O)N2CCC3(CC2)c2ccc(C(=O)C(F)(F)F)n2CCN3C)ccc1-c1cncnc1. The molecule has 0 radical (unpaired) electrons. The van der Waals surface area contributed by atoms with Gasteiger partial charge in [0.15, 0.2) is 0 Å². The number of carbonyl (C=O) groups excluding carboxylic acids is 2. The summed E-state index contributed by atoms with van der Waals surface area (Å²) in [4.78, 5) is 37.3. The third kappa shape index (κ3) is 3.99. The molecule has 0 aliphatic carbocycles. The molecule has 2 aromatic heterocycles. The highest BCUT2D eigenvalue weighted by atomic mass is 19.4. The maximum atomic E-state index is 13.3. The first-order chi connectivity index (χ1) is 17.1. The van der Waals surface area contributed by atoms with Crippen LogP contribution in [0.4, 0.5) is 13.2 Å². The molecule has 7 nitrogen and oxygen atoms in total. The quantitative estimate of drug-likeness (QED) is 0.510. The van der Waals surface area contributed by atoms with Crippen molar-refractivity contribution >= 4 is 11.7 Å². The van der Waals surface area contributed by atoms with Crippen molar-refractivity contribution in [3.8, 4) is 11.1 Å². The number of Topliss-reactive ketones (excluding diaryl/α,β-unsaturated/α-hetero) is 1. The Kier molecular flexibility index (Phi) is 5.94. The van der Waals surface area contributed by atoms with Crippen LogP contribution in [0.5, 0.6) is 0 Å². The van der Waals surface area contributed by atoms with E-state index in [4.69, 9.17) is 0 Å². The molecule has 1 spiro atoms. The fraction of sp³-hybridized carbons (Fsp3) is 0.385. The second-order valence-electron chi connectivity index (χ2n) is 9.48. The number of amides is 1. The van der Waals surface area contributed by atoms with Crippen molar-refractivity contribution in [2.24, 2.45) is 0 Å². The van der Waals surface area contributed by atoms with Gasteiger partial charge in [0.25, 0.3) is 11.7 Å². The Morgan fingerprint density at radius 2 is 1.67 bits per heavy atom. The summed E-state index contributed by atoms with van der Waals surface area (Å²) in [6.07, 6.45) is 1.14. The van der Waals surface area contributed by atoms with E-state index in [2.05, 4.69) is 14.9 Å². The van der Waals surface area contributed by atoms with Crippen LogP contribution in [0.25, 0.3) is 11.1 Å². The topological polar surface area (TPSA) is 71.3 Å². The van der Waals surface area contributed by atoms with Gasteiger partial charge >= 0.3 is 6.18 Å². The second-order valence-corrected chi connectivity index (χ2v) is 9.48. The molecule has 5 rings (SSSR count). The lowest BCUT2D eigenvalue weighted by Crippen LogP contribution is -2.56. The van der Waals surface area contributed by atoms with Gasteiger partial charge in [-0.25, -0.2) is 9.97 Å². The highest BCUT2D eigenvalue weighted by Crippen LogP contribution is 2.42. The van der Waals surface area contributed by atoms with Crippen molar-refractivity contribution < 1.29 is 22.8 Å². The molecule has 3 aromatic rings. The van der Waals surface area contributed by atoms with Crippen molar-refractivity contribution in [1.29, 1.82) is 0 Å². The van der Waals surface area contributed by atoms with Crippen LogP contribution >= 0.6 is 0 Å². The minimum absolute atomic E-state index is 0.0782. The van der Waals surface area contributed by atoms with Crippen LogP contribution in [-0.2, 0) is 12.1 Å². The van der Waals surface area contributed by atoms with Gasteiger partial charge in [-0.2, -0.15) is 13.2 Å². The van der Waals surface area contributed by atoms with Gasteiger partial charge in [-0.1, -0.05) is 6.07 Å². The molecule has 188 valence electrons. The van der Waals surface area contributed by atoms with Crippen LogP contribution in [0.15, 0.2) is 49.1 Å². The van der Waals surface area contributed by atoms with E-state index in [1.807, 2.05) is 26.1 Å². The predicted octanol–water partition coefficient (Wildman–Crippen LogP) is 4.08. The van der Waals surface area contributed by atoms with E-state index in [9.17, 15) is 22.8 Å². The molecule has 0 unspecified atom stereocenters. The summed E-state index contributed by atoms with van der Waals surface area (Å²) >= 11 is 0. The Morgan fingerprint density at radius 3 is 2.31 bits per heavy atom. The van der Waals surface area contributed by atoms with Gasteiger partial charge in [-0.3, -0.25) is 14.5 Å². The number of benzene rings is 1. The lowest BCUT2D eigenvalue weighted by molar-refractivity contribution is -0.0892. The predicted molar refractivity (Wildman–Crippen MR) is 126 cm³/mol. The van der Waals surface area contributed by atoms with Gasteiger partial charge in [0.2, 0.25) is 0 Å². The highest BCUT2D eigenvalue weighted by Gasteiger charge is 2.47. The van der Waals surface area contributed by atoms with Gasteiger partial charge in [-0.05, 0) is 62.2 Å². The molecule has 0 atom stereocenters. The molecule has 1 fully saturated rings. The number of rotatable bonds is 3. The number of aromatic nitrogens is 3. The number of piperidine rings is 1. The summed E-state index contributed by atoms with van der Waals surface area (Å²) < 4.78 is 40.9. The molecule has 1 saturated heterocycles. The van der Waals surface area contributed by atoms with E-state index < -0.39 is 17.5 Å². The molecule has 0 saturated carbocycles. The zero-order valence-corrected chi connectivity index (χ0v) is 20.0. The molecule has 10 heteroatoms. The summed E-state index contributed by atoms with van der Waals surface area (Å²) in [5.41, 5.74) is 3.23. The Balaban J connectivity index is 1.35. The average molecular weight is 498 g/mol. The van der Waals surface area contributed by atoms with E-state index in [0.717, 1.165) is 16.7 Å². The lowest BCUT2D eigenvalue weighted by atomic mass is 9.81. The zero-order chi connectivity index (χ0) is 25.7. The number of ketones is 1. The maximum Gasteiger partial charge on any atom is 0.456 e. The molecule has 1 aromatic carbocycles. The first kappa shape index (κ1) is 24.2. The first-order valence-electron chi connectivity index (χ1n) is 11.8. The standard InChI is InChI=1S/C26H26F3N5O2/c1-17-13-18(3-4-20(17)19-14-30-16-31-15-19)24(36)33-9-7-25(8-10-33)22-6-5-21(23(35)26(27,28)29)34(22)12-11-32(25)2/h3-6,13-16H,7-12H2,1-2H3. The molecule has 2 aliphatic rings. The van der Waals surface area contributed by atoms with E-state index in [0.29, 0.717) is 50.3 Å². The number of carbonyl (C=O) groups is 2. The zero-order valence-electron chi connectivity index (χ0n) is 20.0. The van der Waals surface area contributed by atoms with Crippen LogP contribution in [0.2, 0.25) is 0 Å². The lowest BCUT2D eigenvalue weighted by Gasteiger charge is -2.50. The molecular weight excluding hydrogens is 471 g/mol. The smallest absolute Gasteiger partial charge is 0.339 e. The average Bonchev–Trinajstić information content (AvgIpc) is 3.31. The summed E-state index contributed by atoms with van der Waals surface area (Å²) in [6, 6.07) is 8.48. The molecule has 0 bridgehead atoms. The number of fused-ring (bicyclic) bond motifs is 2. The Hall–Kier alpha value is -3.53. The highest BCUT2D eigenvalue weighted by molar-refractivity contribution is 5.99. The van der Waals surface area contributed by atoms with Crippen molar-refractivity contribution in [2.75, 3.05) is 26.7 Å². The van der Waals surface area contributed by atoms with E-state index >= 15 is 0 Å². The van der Waals surface area contributed by atoms with Crippen LogP contribution in [0, 0.1) is 6.92 Å². The number of halogens is 3. The normalized spacial score (nSPS) is 17.8. The van der Waals surface area contributed by atoms with Crippen LogP contribution in [0.3, 0.4) is 0 Å². The molecule has 4 heterocycles. The third-order valence-corrected chi connectivity index (χ3v) is 7.56. The first-order valence-corrected chi connectivity index (χ1v) is 11.8. The van der Waals surface area contributed by atoms with Crippen LogP contribution in [0.1, 0.15) is 44.9 Å². The fourth-order valence-electron chi connectivity index (χ4n) is 5.58. The van der Waals surface area contributed by atoms with Gasteiger partial charge in [-0.15, -0.1) is 0 Å². The number of alkyl halides is 3. The molecule has 0 N–H and O–H groups in total. The van der Waals surface area contributed by atoms with Crippen molar-refractivity contribution in [1.82, 2.24) is 24.3 Å². The second kappa shape index (κ2) is 8.85. The molecule has 1 amide bonds. The van der Waals surface area contributed by atoms with Gasteiger partial charge in [0.05, 0.1) is 11.2 Å². The number of hydrogen-bond donors (Lipinski definition) is 0. The number of likely N-dealkylation sites (tertiary alicyclic amines) is 1. The summed E-state index contributed by atoms with van der Waals surface area (Å²) in [5, 5.41) is 0. The fourth-order valence-corrected chi connectivity index (χ4v) is 5.58. The summed E-state index contributed by atoms with van der Waals surface area (Å²) in [6.45, 7) is 3.71. The Morgan fingerprint density at radius 1 is 0.972 bits per heavy atom. The number of aryl methyl sites for hydroxylation is 1. The van der Waals surface area contributed by atoms with Gasteiger partial charge in [0.1, 0.15) is 6.33 Å². The van der Waals surface area contributed by atoms with E-state index in [1.54, 1.807) is 29.4 Å². The van der Waals surface area contributed by atoms with Gasteiger partial charge in [0, 0.05) is 55.4 Å².